The van der Waals surface area contributed by atoms with Gasteiger partial charge in [-0.15, -0.1) is 0 Å². The van der Waals surface area contributed by atoms with Gasteiger partial charge in [0.2, 0.25) is 0 Å². The Morgan fingerprint density at radius 3 is 2.64 bits per heavy atom. The molecule has 0 heterocycles. The van der Waals surface area contributed by atoms with Crippen LogP contribution in [0.2, 0.25) is 0 Å². The third kappa shape index (κ3) is 2.08. The summed E-state index contributed by atoms with van der Waals surface area (Å²) < 4.78 is 26.0. The average Bonchev–Trinajstić information content (AvgIpc) is 2.20. The highest BCUT2D eigenvalue weighted by molar-refractivity contribution is 5.23. The lowest BCUT2D eigenvalue weighted by molar-refractivity contribution is 0.139. The van der Waals surface area contributed by atoms with Crippen molar-refractivity contribution < 1.29 is 13.9 Å². The van der Waals surface area contributed by atoms with Crippen molar-refractivity contribution in [2.75, 3.05) is 0 Å². The van der Waals surface area contributed by atoms with Gasteiger partial charge in [-0.3, -0.25) is 0 Å². The second kappa shape index (κ2) is 4.48. The van der Waals surface area contributed by atoms with Crippen molar-refractivity contribution in [1.29, 1.82) is 0 Å². The number of benzene rings is 1. The Labute approximate surface area is 81.4 Å². The molecule has 2 unspecified atom stereocenters. The van der Waals surface area contributed by atoms with Gasteiger partial charge in [0.25, 0.3) is 0 Å². The highest BCUT2D eigenvalue weighted by atomic mass is 19.2. The van der Waals surface area contributed by atoms with Crippen molar-refractivity contribution >= 4 is 0 Å². The Hall–Kier alpha value is -1.00. The first-order valence-corrected chi connectivity index (χ1v) is 4.45. The molecule has 0 spiro atoms. The van der Waals surface area contributed by atoms with Gasteiger partial charge < -0.3 is 10.8 Å². The SMILES string of the molecule is CCC(O)C(N)c1cccc(F)c1F. The summed E-state index contributed by atoms with van der Waals surface area (Å²) in [6, 6.07) is 2.89. The lowest BCUT2D eigenvalue weighted by atomic mass is 10.00. The zero-order valence-electron chi connectivity index (χ0n) is 7.87. The highest BCUT2D eigenvalue weighted by Gasteiger charge is 2.20. The Morgan fingerprint density at radius 1 is 1.43 bits per heavy atom. The van der Waals surface area contributed by atoms with Gasteiger partial charge in [0.15, 0.2) is 11.6 Å². The van der Waals surface area contributed by atoms with Gasteiger partial charge in [-0.2, -0.15) is 0 Å². The number of aliphatic hydroxyl groups excluding tert-OH is 1. The lowest BCUT2D eigenvalue weighted by Gasteiger charge is -2.18. The smallest absolute Gasteiger partial charge is 0.163 e. The van der Waals surface area contributed by atoms with Crippen molar-refractivity contribution in [2.24, 2.45) is 5.73 Å². The third-order valence-electron chi connectivity index (χ3n) is 2.17. The zero-order valence-corrected chi connectivity index (χ0v) is 7.87. The van der Waals surface area contributed by atoms with Gasteiger partial charge in [-0.25, -0.2) is 8.78 Å². The van der Waals surface area contributed by atoms with Gasteiger partial charge >= 0.3 is 0 Å². The first-order valence-electron chi connectivity index (χ1n) is 4.45. The molecule has 0 radical (unpaired) electrons. The molecule has 0 saturated heterocycles. The van der Waals surface area contributed by atoms with Crippen molar-refractivity contribution in [2.45, 2.75) is 25.5 Å². The molecule has 2 nitrogen and oxygen atoms in total. The van der Waals surface area contributed by atoms with E-state index < -0.39 is 23.8 Å². The van der Waals surface area contributed by atoms with Crippen LogP contribution in [0.5, 0.6) is 0 Å². The molecule has 1 aromatic rings. The van der Waals surface area contributed by atoms with Crippen LogP contribution in [0.4, 0.5) is 8.78 Å². The summed E-state index contributed by atoms with van der Waals surface area (Å²) in [5.41, 5.74) is 5.58. The third-order valence-corrected chi connectivity index (χ3v) is 2.17. The molecule has 78 valence electrons. The summed E-state index contributed by atoms with van der Waals surface area (Å²) in [7, 11) is 0. The van der Waals surface area contributed by atoms with Crippen LogP contribution in [0.1, 0.15) is 24.9 Å². The molecule has 0 fully saturated rings. The quantitative estimate of drug-likeness (QED) is 0.782. The van der Waals surface area contributed by atoms with E-state index in [4.69, 9.17) is 5.73 Å². The Kier molecular flexibility index (Phi) is 3.55. The van der Waals surface area contributed by atoms with Crippen LogP contribution in [-0.2, 0) is 0 Å². The predicted molar refractivity (Wildman–Crippen MR) is 49.6 cm³/mol. The van der Waals surface area contributed by atoms with Crippen molar-refractivity contribution in [3.8, 4) is 0 Å². The fraction of sp³-hybridized carbons (Fsp3) is 0.400. The summed E-state index contributed by atoms with van der Waals surface area (Å²) in [6.07, 6.45) is -0.455. The number of hydrogen-bond donors (Lipinski definition) is 2. The molecule has 0 bridgehead atoms. The fourth-order valence-corrected chi connectivity index (χ4v) is 1.24. The molecule has 3 N–H and O–H groups in total. The van der Waals surface area contributed by atoms with Gasteiger partial charge in [0.1, 0.15) is 0 Å². The molecule has 0 saturated carbocycles. The molecule has 0 amide bonds. The van der Waals surface area contributed by atoms with Crippen molar-refractivity contribution in [3.63, 3.8) is 0 Å². The van der Waals surface area contributed by atoms with E-state index >= 15 is 0 Å². The molecule has 0 aliphatic heterocycles. The molecular formula is C10H13F2NO. The van der Waals surface area contributed by atoms with E-state index in [0.29, 0.717) is 6.42 Å². The number of hydrogen-bond acceptors (Lipinski definition) is 2. The van der Waals surface area contributed by atoms with E-state index in [-0.39, 0.29) is 5.56 Å². The minimum atomic E-state index is -0.979. The average molecular weight is 201 g/mol. The maximum absolute atomic E-state index is 13.2. The van der Waals surface area contributed by atoms with Gasteiger partial charge in [0, 0.05) is 5.56 Å². The largest absolute Gasteiger partial charge is 0.391 e. The molecule has 2 atom stereocenters. The van der Waals surface area contributed by atoms with Crippen molar-refractivity contribution in [3.05, 3.63) is 35.4 Å². The monoisotopic (exact) mass is 201 g/mol. The number of rotatable bonds is 3. The minimum Gasteiger partial charge on any atom is -0.391 e. The van der Waals surface area contributed by atoms with Gasteiger partial charge in [-0.05, 0) is 12.5 Å². The fourth-order valence-electron chi connectivity index (χ4n) is 1.24. The molecule has 1 rings (SSSR count). The molecule has 0 aromatic heterocycles. The summed E-state index contributed by atoms with van der Waals surface area (Å²) >= 11 is 0. The predicted octanol–water partition coefficient (Wildman–Crippen LogP) is 1.74. The van der Waals surface area contributed by atoms with E-state index in [1.165, 1.54) is 12.1 Å². The van der Waals surface area contributed by atoms with Gasteiger partial charge in [0.05, 0.1) is 12.1 Å². The molecule has 0 aliphatic rings. The lowest BCUT2D eigenvalue weighted by Crippen LogP contribution is -2.26. The first kappa shape index (κ1) is 11.1. The van der Waals surface area contributed by atoms with E-state index in [2.05, 4.69) is 0 Å². The van der Waals surface area contributed by atoms with Crippen LogP contribution in [0.25, 0.3) is 0 Å². The normalized spacial score (nSPS) is 15.2. The van der Waals surface area contributed by atoms with E-state index in [1.54, 1.807) is 6.92 Å². The summed E-state index contributed by atoms with van der Waals surface area (Å²) in [5.74, 6) is -1.92. The number of halogens is 2. The van der Waals surface area contributed by atoms with Crippen LogP contribution in [-0.4, -0.2) is 11.2 Å². The topological polar surface area (TPSA) is 46.2 Å². The molecular weight excluding hydrogens is 188 g/mol. The van der Waals surface area contributed by atoms with Gasteiger partial charge in [-0.1, -0.05) is 19.1 Å². The maximum Gasteiger partial charge on any atom is 0.163 e. The standard InChI is InChI=1S/C10H13F2NO/c1-2-8(14)10(13)6-4-3-5-7(11)9(6)12/h3-5,8,10,14H,2,13H2,1H3. The second-order valence-electron chi connectivity index (χ2n) is 3.14. The number of nitrogens with two attached hydrogens (primary N) is 1. The highest BCUT2D eigenvalue weighted by Crippen LogP contribution is 2.21. The Morgan fingerprint density at radius 2 is 2.07 bits per heavy atom. The van der Waals surface area contributed by atoms with Crippen LogP contribution < -0.4 is 5.73 Å². The van der Waals surface area contributed by atoms with Crippen LogP contribution in [0.15, 0.2) is 18.2 Å². The maximum atomic E-state index is 13.2. The zero-order chi connectivity index (χ0) is 10.7. The summed E-state index contributed by atoms with van der Waals surface area (Å²) in [6.45, 7) is 1.72. The van der Waals surface area contributed by atoms with E-state index in [0.717, 1.165) is 6.07 Å². The van der Waals surface area contributed by atoms with E-state index in [9.17, 15) is 13.9 Å². The Bertz CT molecular complexity index is 317. The minimum absolute atomic E-state index is 0.0133. The van der Waals surface area contributed by atoms with Crippen LogP contribution in [0.3, 0.4) is 0 Å². The van der Waals surface area contributed by atoms with Crippen molar-refractivity contribution in [1.82, 2.24) is 0 Å². The summed E-state index contributed by atoms with van der Waals surface area (Å²) in [4.78, 5) is 0. The molecule has 14 heavy (non-hydrogen) atoms. The molecule has 4 heteroatoms. The number of aliphatic hydroxyl groups is 1. The Balaban J connectivity index is 3.01. The first-order chi connectivity index (χ1) is 6.57. The molecule has 0 aliphatic carbocycles. The molecule has 1 aromatic carbocycles. The summed E-state index contributed by atoms with van der Waals surface area (Å²) in [5, 5.41) is 9.38. The van der Waals surface area contributed by atoms with Crippen LogP contribution >= 0.6 is 0 Å². The van der Waals surface area contributed by atoms with Crippen LogP contribution in [0, 0.1) is 11.6 Å². The van der Waals surface area contributed by atoms with E-state index in [1.807, 2.05) is 0 Å². The second-order valence-corrected chi connectivity index (χ2v) is 3.14.